The number of benzene rings is 1. The molecule has 0 aliphatic carbocycles. The summed E-state index contributed by atoms with van der Waals surface area (Å²) in [6.07, 6.45) is 0.706. The topological polar surface area (TPSA) is 81.7 Å². The molecule has 0 radical (unpaired) electrons. The van der Waals surface area contributed by atoms with E-state index in [9.17, 15) is 14.4 Å². The van der Waals surface area contributed by atoms with Crippen molar-refractivity contribution in [3.8, 4) is 5.75 Å². The van der Waals surface area contributed by atoms with Gasteiger partial charge in [-0.2, -0.15) is 0 Å². The van der Waals surface area contributed by atoms with Crippen molar-refractivity contribution in [3.63, 3.8) is 0 Å². The first kappa shape index (κ1) is 20.6. The number of hydrogen-bond acceptors (Lipinski definition) is 6. The van der Waals surface area contributed by atoms with Crippen LogP contribution >= 0.6 is 11.3 Å². The highest BCUT2D eigenvalue weighted by atomic mass is 32.1. The van der Waals surface area contributed by atoms with E-state index in [1.54, 1.807) is 12.1 Å². The highest BCUT2D eigenvalue weighted by Gasteiger charge is 2.12. The standard InChI is InChI=1S/C20H23NO5S/c1-14-5-3-6-16(11-14)25-10-4-7-20(24)26-13-18(23)19-9-8-17(27-19)12-21-15(2)22/h3,5-6,8-9,11H,4,7,10,12-13H2,1-2H3,(H,21,22). The Morgan fingerprint density at radius 1 is 1.15 bits per heavy atom. The van der Waals surface area contributed by atoms with Gasteiger partial charge in [0.1, 0.15) is 5.75 Å². The molecule has 0 saturated carbocycles. The molecule has 6 nitrogen and oxygen atoms in total. The number of ketones is 1. The summed E-state index contributed by atoms with van der Waals surface area (Å²) in [4.78, 5) is 36.1. The third-order valence-electron chi connectivity index (χ3n) is 3.60. The second-order valence-electron chi connectivity index (χ2n) is 6.03. The van der Waals surface area contributed by atoms with E-state index < -0.39 is 5.97 Å². The van der Waals surface area contributed by atoms with Crippen LogP contribution in [0, 0.1) is 6.92 Å². The van der Waals surface area contributed by atoms with Crippen molar-refractivity contribution < 1.29 is 23.9 Å². The smallest absolute Gasteiger partial charge is 0.306 e. The number of carbonyl (C=O) groups is 3. The molecule has 1 N–H and O–H groups in total. The molecular weight excluding hydrogens is 366 g/mol. The fourth-order valence-corrected chi connectivity index (χ4v) is 3.11. The predicted molar refractivity (Wildman–Crippen MR) is 103 cm³/mol. The zero-order chi connectivity index (χ0) is 19.6. The van der Waals surface area contributed by atoms with Crippen LogP contribution in [0.3, 0.4) is 0 Å². The maximum Gasteiger partial charge on any atom is 0.306 e. The van der Waals surface area contributed by atoms with Crippen LogP contribution in [-0.2, 0) is 20.9 Å². The lowest BCUT2D eigenvalue weighted by molar-refractivity contribution is -0.142. The van der Waals surface area contributed by atoms with Crippen molar-refractivity contribution in [3.05, 3.63) is 51.7 Å². The SMILES string of the molecule is CC(=O)NCc1ccc(C(=O)COC(=O)CCCOc2cccc(C)c2)s1. The molecule has 0 aliphatic heterocycles. The van der Waals surface area contributed by atoms with E-state index in [-0.39, 0.29) is 24.7 Å². The summed E-state index contributed by atoms with van der Waals surface area (Å²) in [5, 5.41) is 2.67. The average Bonchev–Trinajstić information content (AvgIpc) is 3.11. The van der Waals surface area contributed by atoms with Crippen LogP contribution in [0.2, 0.25) is 0 Å². The molecule has 0 bridgehead atoms. The molecule has 2 rings (SSSR count). The lowest BCUT2D eigenvalue weighted by atomic mass is 10.2. The summed E-state index contributed by atoms with van der Waals surface area (Å²) in [5.74, 6) is -0.0347. The molecule has 1 aromatic carbocycles. The minimum absolute atomic E-state index is 0.128. The Hall–Kier alpha value is -2.67. The van der Waals surface area contributed by atoms with Gasteiger partial charge in [0.15, 0.2) is 6.61 Å². The van der Waals surface area contributed by atoms with Gasteiger partial charge in [-0.05, 0) is 43.2 Å². The third kappa shape index (κ3) is 7.62. The molecule has 0 unspecified atom stereocenters. The Balaban J connectivity index is 1.64. The van der Waals surface area contributed by atoms with Crippen molar-refractivity contribution in [1.29, 1.82) is 0 Å². The summed E-state index contributed by atoms with van der Waals surface area (Å²) in [6.45, 7) is 3.93. The van der Waals surface area contributed by atoms with Crippen LogP contribution in [0.1, 0.15) is 39.9 Å². The number of carbonyl (C=O) groups excluding carboxylic acids is 3. The summed E-state index contributed by atoms with van der Waals surface area (Å²) < 4.78 is 10.6. The van der Waals surface area contributed by atoms with Gasteiger partial charge >= 0.3 is 5.97 Å². The van der Waals surface area contributed by atoms with Gasteiger partial charge in [-0.25, -0.2) is 0 Å². The third-order valence-corrected chi connectivity index (χ3v) is 4.72. The Kier molecular flexibility index (Phi) is 8.00. The molecule has 0 fully saturated rings. The van der Waals surface area contributed by atoms with Crippen molar-refractivity contribution in [1.82, 2.24) is 5.32 Å². The first-order valence-corrected chi connectivity index (χ1v) is 9.47. The summed E-state index contributed by atoms with van der Waals surface area (Å²) in [5.41, 5.74) is 1.11. The van der Waals surface area contributed by atoms with Crippen LogP contribution < -0.4 is 10.1 Å². The van der Waals surface area contributed by atoms with Gasteiger partial charge in [0, 0.05) is 18.2 Å². The van der Waals surface area contributed by atoms with E-state index in [0.717, 1.165) is 16.2 Å². The Morgan fingerprint density at radius 2 is 1.96 bits per heavy atom. The van der Waals surface area contributed by atoms with Crippen LogP contribution in [-0.4, -0.2) is 30.9 Å². The second-order valence-corrected chi connectivity index (χ2v) is 7.20. The van der Waals surface area contributed by atoms with E-state index in [4.69, 9.17) is 9.47 Å². The number of hydrogen-bond donors (Lipinski definition) is 1. The molecule has 0 saturated heterocycles. The van der Waals surface area contributed by atoms with Crippen molar-refractivity contribution in [2.45, 2.75) is 33.2 Å². The monoisotopic (exact) mass is 389 g/mol. The zero-order valence-electron chi connectivity index (χ0n) is 15.4. The maximum absolute atomic E-state index is 12.1. The molecule has 2 aromatic rings. The van der Waals surface area contributed by atoms with E-state index in [1.165, 1.54) is 18.3 Å². The Labute approximate surface area is 162 Å². The lowest BCUT2D eigenvalue weighted by Gasteiger charge is -2.07. The molecular formula is C20H23NO5S. The molecule has 0 aliphatic rings. The number of ether oxygens (including phenoxy) is 2. The average molecular weight is 389 g/mol. The number of nitrogens with one attached hydrogen (secondary N) is 1. The van der Waals surface area contributed by atoms with E-state index in [1.807, 2.05) is 31.2 Å². The lowest BCUT2D eigenvalue weighted by Crippen LogP contribution is -2.18. The van der Waals surface area contributed by atoms with E-state index in [2.05, 4.69) is 5.32 Å². The van der Waals surface area contributed by atoms with Crippen LogP contribution in [0.15, 0.2) is 36.4 Å². The first-order valence-electron chi connectivity index (χ1n) is 8.65. The number of rotatable bonds is 10. The predicted octanol–water partition coefficient (Wildman–Crippen LogP) is 3.28. The molecule has 1 aromatic heterocycles. The number of Topliss-reactive ketones (excluding diaryl/α,β-unsaturated/α-hetero) is 1. The van der Waals surface area contributed by atoms with E-state index >= 15 is 0 Å². The zero-order valence-corrected chi connectivity index (χ0v) is 16.3. The van der Waals surface area contributed by atoms with Crippen LogP contribution in [0.25, 0.3) is 0 Å². The van der Waals surface area contributed by atoms with Gasteiger partial charge in [0.2, 0.25) is 11.7 Å². The Bertz CT molecular complexity index is 799. The van der Waals surface area contributed by atoms with Gasteiger partial charge in [-0.15, -0.1) is 11.3 Å². The number of amides is 1. The minimum Gasteiger partial charge on any atom is -0.494 e. The minimum atomic E-state index is -0.425. The molecule has 0 spiro atoms. The number of aryl methyl sites for hydroxylation is 1. The van der Waals surface area contributed by atoms with Gasteiger partial charge < -0.3 is 14.8 Å². The normalized spacial score (nSPS) is 10.3. The fraction of sp³-hybridized carbons (Fsp3) is 0.350. The molecule has 1 heterocycles. The van der Waals surface area contributed by atoms with Crippen LogP contribution in [0.4, 0.5) is 0 Å². The van der Waals surface area contributed by atoms with Gasteiger partial charge in [0.25, 0.3) is 0 Å². The quantitative estimate of drug-likeness (QED) is 0.383. The summed E-state index contributed by atoms with van der Waals surface area (Å²) in [7, 11) is 0. The van der Waals surface area contributed by atoms with Crippen molar-refractivity contribution >= 4 is 29.0 Å². The molecule has 144 valence electrons. The van der Waals surface area contributed by atoms with Crippen molar-refractivity contribution in [2.24, 2.45) is 0 Å². The second kappa shape index (κ2) is 10.5. The van der Waals surface area contributed by atoms with Crippen molar-refractivity contribution in [2.75, 3.05) is 13.2 Å². The van der Waals surface area contributed by atoms with Gasteiger partial charge in [-0.1, -0.05) is 12.1 Å². The largest absolute Gasteiger partial charge is 0.494 e. The van der Waals surface area contributed by atoms with Gasteiger partial charge in [0.05, 0.1) is 18.0 Å². The molecule has 1 amide bonds. The highest BCUT2D eigenvalue weighted by molar-refractivity contribution is 7.14. The molecule has 27 heavy (non-hydrogen) atoms. The summed E-state index contributed by atoms with van der Waals surface area (Å²) in [6, 6.07) is 11.1. The fourth-order valence-electron chi connectivity index (χ4n) is 2.24. The number of esters is 1. The first-order chi connectivity index (χ1) is 12.9. The maximum atomic E-state index is 12.1. The van der Waals surface area contributed by atoms with Crippen LogP contribution in [0.5, 0.6) is 5.75 Å². The summed E-state index contributed by atoms with van der Waals surface area (Å²) >= 11 is 1.28. The van der Waals surface area contributed by atoms with Gasteiger partial charge in [-0.3, -0.25) is 14.4 Å². The number of thiophene rings is 1. The molecule has 7 heteroatoms. The highest BCUT2D eigenvalue weighted by Crippen LogP contribution is 2.17. The molecule has 0 atom stereocenters. The van der Waals surface area contributed by atoms with E-state index in [0.29, 0.717) is 24.4 Å². The Morgan fingerprint density at radius 3 is 2.70 bits per heavy atom.